The van der Waals surface area contributed by atoms with E-state index in [2.05, 4.69) is 0 Å². The molecule has 0 aromatic heterocycles. The Balaban J connectivity index is 2.39. The van der Waals surface area contributed by atoms with E-state index in [-0.39, 0.29) is 11.5 Å². The van der Waals surface area contributed by atoms with Crippen molar-refractivity contribution in [1.29, 1.82) is 0 Å². The number of benzene rings is 1. The molecule has 0 aliphatic heterocycles. The van der Waals surface area contributed by atoms with Crippen LogP contribution in [0.1, 0.15) is 37.7 Å². The first-order valence-electron chi connectivity index (χ1n) is 5.93. The number of phenols is 1. The summed E-state index contributed by atoms with van der Waals surface area (Å²) >= 11 is 0. The lowest BCUT2D eigenvalue weighted by Gasteiger charge is -2.34. The Bertz CT molecular complexity index is 391. The zero-order valence-electron chi connectivity index (χ0n) is 10.0. The summed E-state index contributed by atoms with van der Waals surface area (Å²) in [4.78, 5) is 0. The van der Waals surface area contributed by atoms with Crippen molar-refractivity contribution in [2.75, 3.05) is 7.11 Å². The summed E-state index contributed by atoms with van der Waals surface area (Å²) in [6, 6.07) is 2.90. The summed E-state index contributed by atoms with van der Waals surface area (Å²) in [5.74, 6) is -0.857. The molecule has 2 rings (SSSR count). The maximum absolute atomic E-state index is 13.7. The van der Waals surface area contributed by atoms with Crippen LogP contribution in [-0.2, 0) is 5.54 Å². The van der Waals surface area contributed by atoms with E-state index in [9.17, 15) is 9.50 Å². The monoisotopic (exact) mass is 239 g/mol. The second kappa shape index (κ2) is 4.53. The molecule has 0 bridgehead atoms. The van der Waals surface area contributed by atoms with E-state index < -0.39 is 11.4 Å². The Morgan fingerprint density at radius 2 is 1.94 bits per heavy atom. The summed E-state index contributed by atoms with van der Waals surface area (Å²) < 4.78 is 18.5. The molecule has 0 saturated heterocycles. The van der Waals surface area contributed by atoms with Gasteiger partial charge in [0.05, 0.1) is 7.11 Å². The van der Waals surface area contributed by atoms with Gasteiger partial charge in [-0.2, -0.15) is 0 Å². The summed E-state index contributed by atoms with van der Waals surface area (Å²) in [6.07, 6.45) is 4.93. The van der Waals surface area contributed by atoms with E-state index in [1.165, 1.54) is 25.7 Å². The lowest BCUT2D eigenvalue weighted by molar-refractivity contribution is 0.297. The average Bonchev–Trinajstić information content (AvgIpc) is 2.29. The summed E-state index contributed by atoms with van der Waals surface area (Å²) in [7, 11) is 1.33. The highest BCUT2D eigenvalue weighted by molar-refractivity contribution is 5.45. The third-order valence-corrected chi connectivity index (χ3v) is 3.55. The van der Waals surface area contributed by atoms with Gasteiger partial charge in [-0.05, 0) is 30.5 Å². The topological polar surface area (TPSA) is 55.5 Å². The molecule has 3 N–H and O–H groups in total. The molecular weight excluding hydrogens is 221 g/mol. The van der Waals surface area contributed by atoms with Gasteiger partial charge in [-0.25, -0.2) is 4.39 Å². The molecule has 0 amide bonds. The van der Waals surface area contributed by atoms with Crippen LogP contribution in [0.25, 0.3) is 0 Å². The molecule has 0 radical (unpaired) electrons. The molecule has 4 heteroatoms. The number of aromatic hydroxyl groups is 1. The van der Waals surface area contributed by atoms with Crippen LogP contribution in [0.4, 0.5) is 4.39 Å². The minimum absolute atomic E-state index is 0.117. The van der Waals surface area contributed by atoms with Crippen molar-refractivity contribution < 1.29 is 14.2 Å². The highest BCUT2D eigenvalue weighted by Gasteiger charge is 2.31. The van der Waals surface area contributed by atoms with E-state index >= 15 is 0 Å². The van der Waals surface area contributed by atoms with E-state index in [0.717, 1.165) is 25.7 Å². The van der Waals surface area contributed by atoms with E-state index in [4.69, 9.17) is 10.5 Å². The number of hydrogen-bond acceptors (Lipinski definition) is 3. The fourth-order valence-electron chi connectivity index (χ4n) is 2.54. The summed E-state index contributed by atoms with van der Waals surface area (Å²) in [6.45, 7) is 0. The Kier molecular flexibility index (Phi) is 3.24. The smallest absolute Gasteiger partial charge is 0.196 e. The van der Waals surface area contributed by atoms with Crippen molar-refractivity contribution in [3.05, 3.63) is 23.5 Å². The largest absolute Gasteiger partial charge is 0.504 e. The third-order valence-electron chi connectivity index (χ3n) is 3.55. The molecule has 1 aromatic rings. The van der Waals surface area contributed by atoms with E-state index in [1.54, 1.807) is 0 Å². The van der Waals surface area contributed by atoms with Gasteiger partial charge in [-0.3, -0.25) is 0 Å². The second-order valence-electron chi connectivity index (χ2n) is 4.73. The van der Waals surface area contributed by atoms with Gasteiger partial charge in [0, 0.05) is 5.54 Å². The molecule has 94 valence electrons. The summed E-state index contributed by atoms with van der Waals surface area (Å²) in [5, 5.41) is 9.70. The van der Waals surface area contributed by atoms with Crippen molar-refractivity contribution in [1.82, 2.24) is 0 Å². The first kappa shape index (κ1) is 12.2. The maximum Gasteiger partial charge on any atom is 0.196 e. The van der Waals surface area contributed by atoms with Crippen LogP contribution in [-0.4, -0.2) is 12.2 Å². The van der Waals surface area contributed by atoms with Crippen LogP contribution in [0.2, 0.25) is 0 Å². The molecular formula is C13H18FNO2. The van der Waals surface area contributed by atoms with E-state index in [0.29, 0.717) is 5.56 Å². The fourth-order valence-corrected chi connectivity index (χ4v) is 2.54. The molecule has 1 aromatic carbocycles. The Hall–Kier alpha value is -1.29. The van der Waals surface area contributed by atoms with Crippen LogP contribution in [0.15, 0.2) is 12.1 Å². The predicted molar refractivity (Wildman–Crippen MR) is 63.6 cm³/mol. The normalized spacial score (nSPS) is 19.0. The van der Waals surface area contributed by atoms with Crippen molar-refractivity contribution in [2.45, 2.75) is 37.6 Å². The molecule has 0 atom stereocenters. The van der Waals surface area contributed by atoms with Crippen LogP contribution < -0.4 is 10.5 Å². The van der Waals surface area contributed by atoms with Crippen LogP contribution >= 0.6 is 0 Å². The molecule has 0 heterocycles. The van der Waals surface area contributed by atoms with Crippen molar-refractivity contribution in [2.24, 2.45) is 5.73 Å². The SMILES string of the molecule is COc1c(O)cc(C2(N)CCCCC2)cc1F. The highest BCUT2D eigenvalue weighted by Crippen LogP contribution is 2.39. The second-order valence-corrected chi connectivity index (χ2v) is 4.73. The molecule has 0 spiro atoms. The number of phenolic OH excluding ortho intramolecular Hbond substituents is 1. The lowest BCUT2D eigenvalue weighted by Crippen LogP contribution is -2.38. The van der Waals surface area contributed by atoms with Gasteiger partial charge in [-0.1, -0.05) is 19.3 Å². The molecule has 1 aliphatic carbocycles. The number of methoxy groups -OCH3 is 1. The molecule has 17 heavy (non-hydrogen) atoms. The van der Waals surface area contributed by atoms with Crippen LogP contribution in [0.5, 0.6) is 11.5 Å². The average molecular weight is 239 g/mol. The van der Waals surface area contributed by atoms with Gasteiger partial charge in [-0.15, -0.1) is 0 Å². The number of hydrogen-bond donors (Lipinski definition) is 2. The van der Waals surface area contributed by atoms with Gasteiger partial charge >= 0.3 is 0 Å². The van der Waals surface area contributed by atoms with Crippen molar-refractivity contribution in [3.63, 3.8) is 0 Å². The molecule has 1 fully saturated rings. The zero-order valence-corrected chi connectivity index (χ0v) is 10.0. The van der Waals surface area contributed by atoms with Gasteiger partial charge in [0.1, 0.15) is 0 Å². The number of rotatable bonds is 2. The Morgan fingerprint density at radius 3 is 2.47 bits per heavy atom. The van der Waals surface area contributed by atoms with Crippen molar-refractivity contribution >= 4 is 0 Å². The first-order valence-corrected chi connectivity index (χ1v) is 5.93. The van der Waals surface area contributed by atoms with Crippen LogP contribution in [0, 0.1) is 5.82 Å². The van der Waals surface area contributed by atoms with Crippen LogP contribution in [0.3, 0.4) is 0 Å². The third kappa shape index (κ3) is 2.22. The lowest BCUT2D eigenvalue weighted by atomic mass is 9.77. The van der Waals surface area contributed by atoms with Gasteiger partial charge < -0.3 is 15.6 Å². The van der Waals surface area contributed by atoms with Crippen molar-refractivity contribution in [3.8, 4) is 11.5 Å². The minimum atomic E-state index is -0.558. The minimum Gasteiger partial charge on any atom is -0.504 e. The highest BCUT2D eigenvalue weighted by atomic mass is 19.1. The Labute approximate surface area is 100 Å². The quantitative estimate of drug-likeness (QED) is 0.834. The first-order chi connectivity index (χ1) is 8.07. The van der Waals surface area contributed by atoms with Gasteiger partial charge in [0.2, 0.25) is 0 Å². The maximum atomic E-state index is 13.7. The molecule has 1 saturated carbocycles. The number of nitrogens with two attached hydrogens (primary N) is 1. The number of halogens is 1. The standard InChI is InChI=1S/C13H18FNO2/c1-17-12-10(14)7-9(8-11(12)16)13(15)5-3-2-4-6-13/h7-8,16H,2-6,15H2,1H3. The molecule has 1 aliphatic rings. The van der Waals surface area contributed by atoms with Gasteiger partial charge in [0.15, 0.2) is 17.3 Å². The zero-order chi connectivity index (χ0) is 12.5. The number of ether oxygens (including phenoxy) is 1. The summed E-state index contributed by atoms with van der Waals surface area (Å²) in [5.41, 5.74) is 6.44. The fraction of sp³-hybridized carbons (Fsp3) is 0.538. The predicted octanol–water partition coefficient (Wildman–Crippen LogP) is 2.66. The van der Waals surface area contributed by atoms with Gasteiger partial charge in [0.25, 0.3) is 0 Å². The molecule has 0 unspecified atom stereocenters. The Morgan fingerprint density at radius 1 is 1.29 bits per heavy atom. The van der Waals surface area contributed by atoms with E-state index in [1.807, 2.05) is 0 Å². The molecule has 3 nitrogen and oxygen atoms in total.